The Morgan fingerprint density at radius 1 is 1.21 bits per heavy atom. The molecule has 6 nitrogen and oxygen atoms in total. The van der Waals surface area contributed by atoms with Crippen molar-refractivity contribution in [2.24, 2.45) is 5.92 Å². The van der Waals surface area contributed by atoms with Gasteiger partial charge < -0.3 is 10.4 Å². The number of aliphatic hydroxyl groups is 1. The highest BCUT2D eigenvalue weighted by Gasteiger charge is 2.14. The zero-order valence-corrected chi connectivity index (χ0v) is 13.7. The molecule has 3 rings (SSSR count). The van der Waals surface area contributed by atoms with E-state index in [0.29, 0.717) is 11.4 Å². The fourth-order valence-electron chi connectivity index (χ4n) is 2.49. The highest BCUT2D eigenvalue weighted by Crippen LogP contribution is 2.21. The van der Waals surface area contributed by atoms with Crippen LogP contribution in [0.4, 0.5) is 5.82 Å². The van der Waals surface area contributed by atoms with Crippen LogP contribution in [0.25, 0.3) is 16.9 Å². The van der Waals surface area contributed by atoms with Crippen molar-refractivity contribution in [1.82, 2.24) is 14.6 Å². The number of carbonyl (C=O) groups excluding carboxylic acids is 1. The first-order valence-electron chi connectivity index (χ1n) is 7.90. The number of rotatable bonds is 6. The zero-order valence-electron chi connectivity index (χ0n) is 13.7. The van der Waals surface area contributed by atoms with E-state index in [0.717, 1.165) is 23.2 Å². The fourth-order valence-corrected chi connectivity index (χ4v) is 2.49. The minimum atomic E-state index is -0.0613. The van der Waals surface area contributed by atoms with E-state index in [2.05, 4.69) is 15.4 Å². The summed E-state index contributed by atoms with van der Waals surface area (Å²) in [5, 5.41) is 17.3. The van der Waals surface area contributed by atoms with E-state index in [1.807, 2.05) is 38.1 Å². The van der Waals surface area contributed by atoms with E-state index < -0.39 is 0 Å². The lowest BCUT2D eigenvalue weighted by molar-refractivity contribution is 0.112. The van der Waals surface area contributed by atoms with Crippen LogP contribution in [0.5, 0.6) is 0 Å². The molecule has 3 aromatic rings. The molecule has 0 aliphatic carbocycles. The summed E-state index contributed by atoms with van der Waals surface area (Å²) in [6.45, 7) is 4.13. The fraction of sp³-hybridized carbons (Fsp3) is 0.278. The van der Waals surface area contributed by atoms with Crippen LogP contribution in [0, 0.1) is 5.92 Å². The van der Waals surface area contributed by atoms with Crippen molar-refractivity contribution in [2.75, 3.05) is 11.9 Å². The lowest BCUT2D eigenvalue weighted by Gasteiger charge is -2.20. The second-order valence-electron chi connectivity index (χ2n) is 6.05. The lowest BCUT2D eigenvalue weighted by atomic mass is 10.1. The molecule has 0 radical (unpaired) electrons. The van der Waals surface area contributed by atoms with E-state index in [1.165, 1.54) is 0 Å². The van der Waals surface area contributed by atoms with Gasteiger partial charge in [-0.15, -0.1) is 5.10 Å². The summed E-state index contributed by atoms with van der Waals surface area (Å²) >= 11 is 0. The molecule has 0 amide bonds. The van der Waals surface area contributed by atoms with E-state index in [4.69, 9.17) is 0 Å². The normalized spacial score (nSPS) is 12.5. The summed E-state index contributed by atoms with van der Waals surface area (Å²) in [5.41, 5.74) is 3.14. The standard InChI is InChI=1S/C18H20N4O2/c1-12(2)15(11-24)20-17-7-8-18-19-9-16(22(18)21-17)14-5-3-13(10-23)4-6-14/h3-10,12,15,24H,11H2,1-2H3,(H,20,21)/t15-/m0/s1. The molecule has 0 spiro atoms. The number of imidazole rings is 1. The predicted octanol–water partition coefficient (Wildman–Crippen LogP) is 2.64. The topological polar surface area (TPSA) is 79.5 Å². The van der Waals surface area contributed by atoms with Gasteiger partial charge in [0.05, 0.1) is 24.5 Å². The molecular weight excluding hydrogens is 304 g/mol. The van der Waals surface area contributed by atoms with Gasteiger partial charge in [-0.1, -0.05) is 38.1 Å². The number of aliphatic hydroxyl groups excluding tert-OH is 1. The number of nitrogens with one attached hydrogen (secondary N) is 1. The van der Waals surface area contributed by atoms with Crippen molar-refractivity contribution in [3.8, 4) is 11.3 Å². The van der Waals surface area contributed by atoms with Crippen LogP contribution in [-0.2, 0) is 0 Å². The number of hydrogen-bond acceptors (Lipinski definition) is 5. The Hall–Kier alpha value is -2.73. The molecule has 2 N–H and O–H groups in total. The molecule has 0 saturated carbocycles. The van der Waals surface area contributed by atoms with E-state index in [9.17, 15) is 9.90 Å². The third kappa shape index (κ3) is 3.14. The molecule has 124 valence electrons. The molecule has 0 aliphatic rings. The Bertz CT molecular complexity index is 840. The molecule has 2 aromatic heterocycles. The summed E-state index contributed by atoms with van der Waals surface area (Å²) in [5.74, 6) is 0.963. The van der Waals surface area contributed by atoms with Crippen molar-refractivity contribution < 1.29 is 9.90 Å². The molecular formula is C18H20N4O2. The van der Waals surface area contributed by atoms with Crippen LogP contribution in [0.1, 0.15) is 24.2 Å². The minimum absolute atomic E-state index is 0.0430. The first kappa shape index (κ1) is 16.1. The van der Waals surface area contributed by atoms with Gasteiger partial charge >= 0.3 is 0 Å². The Balaban J connectivity index is 1.97. The number of nitrogens with zero attached hydrogens (tertiary/aromatic N) is 3. The Labute approximate surface area is 140 Å². The van der Waals surface area contributed by atoms with Crippen LogP contribution < -0.4 is 5.32 Å². The van der Waals surface area contributed by atoms with Crippen LogP contribution in [-0.4, -0.2) is 38.6 Å². The molecule has 0 saturated heterocycles. The highest BCUT2D eigenvalue weighted by molar-refractivity contribution is 5.76. The summed E-state index contributed by atoms with van der Waals surface area (Å²) in [4.78, 5) is 15.2. The van der Waals surface area contributed by atoms with Crippen molar-refractivity contribution in [2.45, 2.75) is 19.9 Å². The van der Waals surface area contributed by atoms with Crippen LogP contribution in [0.15, 0.2) is 42.6 Å². The first-order valence-corrected chi connectivity index (χ1v) is 7.90. The smallest absolute Gasteiger partial charge is 0.154 e. The van der Waals surface area contributed by atoms with Gasteiger partial charge in [0, 0.05) is 11.1 Å². The second kappa shape index (κ2) is 6.80. The van der Waals surface area contributed by atoms with Crippen molar-refractivity contribution in [3.63, 3.8) is 0 Å². The molecule has 0 unspecified atom stereocenters. The highest BCUT2D eigenvalue weighted by atomic mass is 16.3. The van der Waals surface area contributed by atoms with Crippen molar-refractivity contribution in [1.29, 1.82) is 0 Å². The number of carbonyl (C=O) groups is 1. The maximum atomic E-state index is 10.8. The number of aldehydes is 1. The van der Waals surface area contributed by atoms with Crippen molar-refractivity contribution >= 4 is 17.8 Å². The Morgan fingerprint density at radius 2 is 1.96 bits per heavy atom. The van der Waals surface area contributed by atoms with Gasteiger partial charge in [0.15, 0.2) is 5.65 Å². The van der Waals surface area contributed by atoms with E-state index in [-0.39, 0.29) is 18.6 Å². The van der Waals surface area contributed by atoms with Gasteiger partial charge in [-0.3, -0.25) is 4.79 Å². The first-order chi connectivity index (χ1) is 11.6. The predicted molar refractivity (Wildman–Crippen MR) is 93.1 cm³/mol. The molecule has 6 heteroatoms. The molecule has 0 bridgehead atoms. The number of benzene rings is 1. The largest absolute Gasteiger partial charge is 0.394 e. The lowest BCUT2D eigenvalue weighted by Crippen LogP contribution is -2.30. The zero-order chi connectivity index (χ0) is 17.1. The molecule has 0 aliphatic heterocycles. The quantitative estimate of drug-likeness (QED) is 0.681. The van der Waals surface area contributed by atoms with Gasteiger partial charge in [-0.05, 0) is 18.1 Å². The van der Waals surface area contributed by atoms with Gasteiger partial charge in [-0.25, -0.2) is 9.50 Å². The maximum Gasteiger partial charge on any atom is 0.154 e. The van der Waals surface area contributed by atoms with Gasteiger partial charge in [0.2, 0.25) is 0 Å². The average molecular weight is 324 g/mol. The van der Waals surface area contributed by atoms with E-state index >= 15 is 0 Å². The number of fused-ring (bicyclic) bond motifs is 1. The third-order valence-electron chi connectivity index (χ3n) is 4.04. The molecule has 1 atom stereocenters. The van der Waals surface area contributed by atoms with Crippen LogP contribution in [0.2, 0.25) is 0 Å². The second-order valence-corrected chi connectivity index (χ2v) is 6.05. The van der Waals surface area contributed by atoms with Gasteiger partial charge in [-0.2, -0.15) is 0 Å². The summed E-state index contributed by atoms with van der Waals surface area (Å²) < 4.78 is 1.76. The average Bonchev–Trinajstić information content (AvgIpc) is 3.02. The minimum Gasteiger partial charge on any atom is -0.394 e. The maximum absolute atomic E-state index is 10.8. The third-order valence-corrected chi connectivity index (χ3v) is 4.04. The molecule has 2 heterocycles. The van der Waals surface area contributed by atoms with Crippen LogP contribution in [0.3, 0.4) is 0 Å². The molecule has 24 heavy (non-hydrogen) atoms. The Morgan fingerprint density at radius 3 is 2.58 bits per heavy atom. The van der Waals surface area contributed by atoms with Crippen molar-refractivity contribution in [3.05, 3.63) is 48.2 Å². The Kier molecular flexibility index (Phi) is 4.57. The van der Waals surface area contributed by atoms with E-state index in [1.54, 1.807) is 22.8 Å². The SMILES string of the molecule is CC(C)[C@H](CO)Nc1ccc2ncc(-c3ccc(C=O)cc3)n2n1. The summed E-state index contributed by atoms with van der Waals surface area (Å²) in [6.07, 6.45) is 2.58. The summed E-state index contributed by atoms with van der Waals surface area (Å²) in [7, 11) is 0. The van der Waals surface area contributed by atoms with Gasteiger partial charge in [0.25, 0.3) is 0 Å². The van der Waals surface area contributed by atoms with Gasteiger partial charge in [0.1, 0.15) is 12.1 Å². The monoisotopic (exact) mass is 324 g/mol. The van der Waals surface area contributed by atoms with Crippen LogP contribution >= 0.6 is 0 Å². The number of anilines is 1. The number of hydrogen-bond donors (Lipinski definition) is 2. The number of aromatic nitrogens is 3. The summed E-state index contributed by atoms with van der Waals surface area (Å²) in [6, 6.07) is 11.0. The molecule has 1 aromatic carbocycles. The molecule has 0 fully saturated rings.